The van der Waals surface area contributed by atoms with Crippen LogP contribution in [0.3, 0.4) is 0 Å². The van der Waals surface area contributed by atoms with E-state index in [1.54, 1.807) is 7.11 Å². The molecule has 0 spiro atoms. The van der Waals surface area contributed by atoms with Crippen LogP contribution in [0, 0.1) is 0 Å². The third-order valence-corrected chi connectivity index (χ3v) is 5.46. The Hall–Kier alpha value is -2.83. The van der Waals surface area contributed by atoms with Gasteiger partial charge in [-0.15, -0.1) is 0 Å². The van der Waals surface area contributed by atoms with Crippen molar-refractivity contribution in [3.8, 4) is 5.75 Å². The second-order valence-electron chi connectivity index (χ2n) is 7.35. The van der Waals surface area contributed by atoms with Crippen molar-refractivity contribution in [2.75, 3.05) is 20.3 Å². The summed E-state index contributed by atoms with van der Waals surface area (Å²) in [5, 5.41) is 14.4. The number of carboxylic acid groups (broad SMARTS) is 1. The molecule has 6 heteroatoms. The number of nitrogens with one attached hydrogen (secondary N) is 1. The van der Waals surface area contributed by atoms with Crippen molar-refractivity contribution in [1.29, 1.82) is 0 Å². The van der Waals surface area contributed by atoms with Crippen LogP contribution >= 0.6 is 0 Å². The second kappa shape index (κ2) is 8.68. The number of fused-ring (bicyclic) bond motifs is 1. The Kier molecular flexibility index (Phi) is 5.83. The van der Waals surface area contributed by atoms with E-state index in [1.165, 1.54) is 0 Å². The fraction of sp³-hybridized carbons (Fsp3) is 0.348. The molecule has 1 unspecified atom stereocenters. The quantitative estimate of drug-likeness (QED) is 0.610. The molecule has 2 N–H and O–H groups in total. The van der Waals surface area contributed by atoms with Crippen LogP contribution < -0.4 is 10.1 Å². The molecule has 0 aliphatic carbocycles. The third-order valence-electron chi connectivity index (χ3n) is 5.46. The SMILES string of the molecule is COc1ccc2c(CNCC3CCCO3)c(C(=O)O)n(Cc3ccccc3)c2c1. The first-order valence-corrected chi connectivity index (χ1v) is 9.96. The smallest absolute Gasteiger partial charge is 0.352 e. The van der Waals surface area contributed by atoms with Crippen LogP contribution in [-0.2, 0) is 17.8 Å². The van der Waals surface area contributed by atoms with E-state index in [9.17, 15) is 9.90 Å². The van der Waals surface area contributed by atoms with Crippen molar-refractivity contribution in [1.82, 2.24) is 9.88 Å². The average Bonchev–Trinajstić information content (AvgIpc) is 3.35. The van der Waals surface area contributed by atoms with Crippen LogP contribution in [0.5, 0.6) is 5.75 Å². The summed E-state index contributed by atoms with van der Waals surface area (Å²) in [6.07, 6.45) is 2.34. The van der Waals surface area contributed by atoms with Crippen molar-refractivity contribution in [2.45, 2.75) is 32.0 Å². The maximum Gasteiger partial charge on any atom is 0.352 e. The van der Waals surface area contributed by atoms with Gasteiger partial charge >= 0.3 is 5.97 Å². The normalized spacial score (nSPS) is 16.4. The number of aromatic nitrogens is 1. The Morgan fingerprint density at radius 1 is 1.28 bits per heavy atom. The van der Waals surface area contributed by atoms with Gasteiger partial charge in [0.05, 0.1) is 18.7 Å². The lowest BCUT2D eigenvalue weighted by Crippen LogP contribution is -2.26. The Morgan fingerprint density at radius 3 is 2.79 bits per heavy atom. The summed E-state index contributed by atoms with van der Waals surface area (Å²) in [6, 6.07) is 15.6. The van der Waals surface area contributed by atoms with E-state index in [1.807, 2.05) is 53.1 Å². The van der Waals surface area contributed by atoms with Gasteiger partial charge in [-0.3, -0.25) is 0 Å². The van der Waals surface area contributed by atoms with Crippen LogP contribution in [0.25, 0.3) is 10.9 Å². The largest absolute Gasteiger partial charge is 0.497 e. The summed E-state index contributed by atoms with van der Waals surface area (Å²) in [4.78, 5) is 12.3. The number of benzene rings is 2. The highest BCUT2D eigenvalue weighted by Gasteiger charge is 2.23. The Morgan fingerprint density at radius 2 is 2.10 bits per heavy atom. The van der Waals surface area contributed by atoms with Gasteiger partial charge in [0.25, 0.3) is 0 Å². The molecule has 3 aromatic rings. The minimum absolute atomic E-state index is 0.209. The van der Waals surface area contributed by atoms with Crippen molar-refractivity contribution in [2.24, 2.45) is 0 Å². The van der Waals surface area contributed by atoms with Gasteiger partial charge in [0.15, 0.2) is 0 Å². The lowest BCUT2D eigenvalue weighted by Gasteiger charge is -2.12. The number of carbonyl (C=O) groups is 1. The monoisotopic (exact) mass is 394 g/mol. The zero-order valence-corrected chi connectivity index (χ0v) is 16.6. The maximum absolute atomic E-state index is 12.3. The molecule has 29 heavy (non-hydrogen) atoms. The standard InChI is InChI=1S/C23H26N2O4/c1-28-17-9-10-19-20(14-24-13-18-8-5-11-29-18)22(23(26)27)25(21(19)12-17)15-16-6-3-2-4-7-16/h2-4,6-7,9-10,12,18,24H,5,8,11,13-15H2,1H3,(H,26,27). The van der Waals surface area contributed by atoms with Gasteiger partial charge in [0.2, 0.25) is 0 Å². The zero-order chi connectivity index (χ0) is 20.2. The molecule has 1 aliphatic heterocycles. The lowest BCUT2D eigenvalue weighted by atomic mass is 10.1. The lowest BCUT2D eigenvalue weighted by molar-refractivity contribution is 0.0684. The fourth-order valence-corrected chi connectivity index (χ4v) is 4.05. The molecular formula is C23H26N2O4. The van der Waals surface area contributed by atoms with E-state index in [0.29, 0.717) is 24.5 Å². The number of ether oxygens (including phenoxy) is 2. The van der Waals surface area contributed by atoms with Gasteiger partial charge in [-0.05, 0) is 30.5 Å². The van der Waals surface area contributed by atoms with Crippen LogP contribution in [0.2, 0.25) is 0 Å². The van der Waals surface area contributed by atoms with Crippen molar-refractivity contribution < 1.29 is 19.4 Å². The fourth-order valence-electron chi connectivity index (χ4n) is 4.05. The highest BCUT2D eigenvalue weighted by atomic mass is 16.5. The maximum atomic E-state index is 12.3. The Bertz CT molecular complexity index is 991. The van der Waals surface area contributed by atoms with Crippen LogP contribution in [0.4, 0.5) is 0 Å². The Labute approximate surface area is 170 Å². The van der Waals surface area contributed by atoms with Gasteiger partial charge in [0, 0.05) is 43.3 Å². The molecular weight excluding hydrogens is 368 g/mol. The summed E-state index contributed by atoms with van der Waals surface area (Å²) in [5.41, 5.74) is 3.02. The summed E-state index contributed by atoms with van der Waals surface area (Å²) in [6.45, 7) is 2.49. The number of hydrogen-bond acceptors (Lipinski definition) is 4. The number of carboxylic acids is 1. The minimum atomic E-state index is -0.926. The first-order valence-electron chi connectivity index (χ1n) is 9.96. The molecule has 6 nitrogen and oxygen atoms in total. The predicted molar refractivity (Wildman–Crippen MR) is 112 cm³/mol. The van der Waals surface area contributed by atoms with Gasteiger partial charge < -0.3 is 24.5 Å². The number of methoxy groups -OCH3 is 1. The first kappa shape index (κ1) is 19.5. The van der Waals surface area contributed by atoms with E-state index in [4.69, 9.17) is 9.47 Å². The third kappa shape index (κ3) is 4.13. The summed E-state index contributed by atoms with van der Waals surface area (Å²) in [7, 11) is 1.62. The first-order chi connectivity index (χ1) is 14.2. The number of nitrogens with zero attached hydrogens (tertiary/aromatic N) is 1. The molecule has 0 bridgehead atoms. The molecule has 1 saturated heterocycles. The van der Waals surface area contributed by atoms with Gasteiger partial charge in [-0.1, -0.05) is 30.3 Å². The zero-order valence-electron chi connectivity index (χ0n) is 16.6. The number of rotatable bonds is 8. The van der Waals surface area contributed by atoms with Crippen molar-refractivity contribution in [3.05, 3.63) is 65.4 Å². The van der Waals surface area contributed by atoms with Gasteiger partial charge in [0.1, 0.15) is 11.4 Å². The molecule has 1 atom stereocenters. The van der Waals surface area contributed by atoms with E-state index < -0.39 is 5.97 Å². The number of hydrogen-bond donors (Lipinski definition) is 2. The topological polar surface area (TPSA) is 72.7 Å². The van der Waals surface area contributed by atoms with E-state index in [-0.39, 0.29) is 6.10 Å². The summed E-state index contributed by atoms with van der Waals surface area (Å²) >= 11 is 0. The number of aromatic carboxylic acids is 1. The molecule has 152 valence electrons. The van der Waals surface area contributed by atoms with Crippen LogP contribution in [0.15, 0.2) is 48.5 Å². The predicted octanol–water partition coefficient (Wildman–Crippen LogP) is 3.67. The van der Waals surface area contributed by atoms with Crippen LogP contribution in [-0.4, -0.2) is 42.0 Å². The van der Waals surface area contributed by atoms with Crippen molar-refractivity contribution in [3.63, 3.8) is 0 Å². The summed E-state index contributed by atoms with van der Waals surface area (Å²) < 4.78 is 12.9. The molecule has 4 rings (SSSR count). The summed E-state index contributed by atoms with van der Waals surface area (Å²) in [5.74, 6) is -0.217. The van der Waals surface area contributed by atoms with E-state index >= 15 is 0 Å². The van der Waals surface area contributed by atoms with E-state index in [2.05, 4.69) is 5.32 Å². The second-order valence-corrected chi connectivity index (χ2v) is 7.35. The molecule has 1 aliphatic rings. The molecule has 2 heterocycles. The average molecular weight is 394 g/mol. The molecule has 2 aromatic carbocycles. The molecule has 1 aromatic heterocycles. The molecule has 0 saturated carbocycles. The molecule has 1 fully saturated rings. The highest BCUT2D eigenvalue weighted by molar-refractivity contribution is 5.98. The Balaban J connectivity index is 1.74. The minimum Gasteiger partial charge on any atom is -0.497 e. The molecule has 0 amide bonds. The highest BCUT2D eigenvalue weighted by Crippen LogP contribution is 2.30. The van der Waals surface area contributed by atoms with Crippen LogP contribution in [0.1, 0.15) is 34.5 Å². The molecule has 0 radical (unpaired) electrons. The van der Waals surface area contributed by atoms with Gasteiger partial charge in [-0.2, -0.15) is 0 Å². The van der Waals surface area contributed by atoms with E-state index in [0.717, 1.165) is 48.0 Å². The van der Waals surface area contributed by atoms with Gasteiger partial charge in [-0.25, -0.2) is 4.79 Å². The van der Waals surface area contributed by atoms with Crippen molar-refractivity contribution >= 4 is 16.9 Å².